The van der Waals surface area contributed by atoms with Gasteiger partial charge in [0.1, 0.15) is 11.9 Å². The number of rotatable bonds is 9. The van der Waals surface area contributed by atoms with Crippen LogP contribution in [0.25, 0.3) is 0 Å². The zero-order valence-corrected chi connectivity index (χ0v) is 19.9. The summed E-state index contributed by atoms with van der Waals surface area (Å²) in [5.41, 5.74) is 0. The van der Waals surface area contributed by atoms with E-state index in [-0.39, 0.29) is 36.0 Å². The molecule has 1 aliphatic heterocycles. The molecule has 1 fully saturated rings. The van der Waals surface area contributed by atoms with Gasteiger partial charge in [-0.15, -0.1) is 24.0 Å². The number of ether oxygens (including phenoxy) is 2. The molecule has 0 aliphatic carbocycles. The number of hydrogen-bond acceptors (Lipinski definition) is 5. The molecule has 1 atom stereocenters. The van der Waals surface area contributed by atoms with Crippen LogP contribution in [0.1, 0.15) is 6.92 Å². The summed E-state index contributed by atoms with van der Waals surface area (Å²) in [5, 5.41) is 6.25. The quantitative estimate of drug-likeness (QED) is 0.220. The Morgan fingerprint density at radius 2 is 1.86 bits per heavy atom. The Kier molecular flexibility index (Phi) is 12.6. The molecule has 29 heavy (non-hydrogen) atoms. The van der Waals surface area contributed by atoms with Crippen LogP contribution in [0.4, 0.5) is 0 Å². The van der Waals surface area contributed by atoms with Gasteiger partial charge in [0, 0.05) is 46.9 Å². The first-order valence-corrected chi connectivity index (χ1v) is 9.77. The van der Waals surface area contributed by atoms with E-state index in [1.807, 2.05) is 37.3 Å². The first kappa shape index (κ1) is 25.4. The van der Waals surface area contributed by atoms with E-state index in [4.69, 9.17) is 9.47 Å². The maximum absolute atomic E-state index is 11.9. The fourth-order valence-corrected chi connectivity index (χ4v) is 3.01. The molecule has 0 bridgehead atoms. The molecular weight excluding hydrogens is 485 g/mol. The van der Waals surface area contributed by atoms with Crippen LogP contribution in [0.2, 0.25) is 0 Å². The lowest BCUT2D eigenvalue weighted by atomic mass is 10.3. The number of guanidine groups is 1. The van der Waals surface area contributed by atoms with Crippen molar-refractivity contribution in [1.82, 2.24) is 20.4 Å². The number of piperazine rings is 1. The summed E-state index contributed by atoms with van der Waals surface area (Å²) in [4.78, 5) is 20.7. The molecule has 0 radical (unpaired) electrons. The number of amides is 1. The summed E-state index contributed by atoms with van der Waals surface area (Å²) in [7, 11) is 3.42. The average molecular weight is 519 g/mol. The molecule has 1 aromatic rings. The van der Waals surface area contributed by atoms with Crippen LogP contribution < -0.4 is 15.4 Å². The summed E-state index contributed by atoms with van der Waals surface area (Å²) >= 11 is 0. The fourth-order valence-electron chi connectivity index (χ4n) is 3.01. The lowest BCUT2D eigenvalue weighted by Crippen LogP contribution is -2.54. The highest BCUT2D eigenvalue weighted by atomic mass is 127. The second-order valence-corrected chi connectivity index (χ2v) is 6.78. The second-order valence-electron chi connectivity index (χ2n) is 6.78. The maximum atomic E-state index is 11.9. The Hall–Kier alpha value is -1.59. The maximum Gasteiger partial charge on any atom is 0.234 e. The van der Waals surface area contributed by atoms with Gasteiger partial charge in [0.25, 0.3) is 0 Å². The summed E-state index contributed by atoms with van der Waals surface area (Å²) in [6, 6.07) is 9.81. The summed E-state index contributed by atoms with van der Waals surface area (Å²) in [5.74, 6) is 1.77. The molecule has 9 heteroatoms. The molecule has 2 N–H and O–H groups in total. The molecule has 2 rings (SSSR count). The van der Waals surface area contributed by atoms with E-state index in [1.54, 1.807) is 14.2 Å². The average Bonchev–Trinajstić information content (AvgIpc) is 2.70. The van der Waals surface area contributed by atoms with E-state index in [9.17, 15) is 4.79 Å². The third kappa shape index (κ3) is 9.64. The predicted molar refractivity (Wildman–Crippen MR) is 126 cm³/mol. The van der Waals surface area contributed by atoms with Gasteiger partial charge in [-0.1, -0.05) is 18.2 Å². The first-order valence-electron chi connectivity index (χ1n) is 9.77. The van der Waals surface area contributed by atoms with Crippen LogP contribution >= 0.6 is 24.0 Å². The number of methoxy groups -OCH3 is 1. The Bertz CT molecular complexity index is 609. The van der Waals surface area contributed by atoms with E-state index < -0.39 is 0 Å². The molecule has 1 heterocycles. The van der Waals surface area contributed by atoms with Crippen molar-refractivity contribution in [2.75, 3.05) is 66.6 Å². The van der Waals surface area contributed by atoms with Crippen LogP contribution in [-0.4, -0.2) is 94.3 Å². The molecule has 1 aromatic carbocycles. The standard InChI is InChI=1S/C20H33N5O3.HI/c1-17(28-18-7-5-4-6-8-18)15-23-20(21-2)25-12-10-24(11-13-25)16-19(26)22-9-14-27-3;/h4-8,17H,9-16H2,1-3H3,(H,21,23)(H,22,26);1H. The lowest BCUT2D eigenvalue weighted by Gasteiger charge is -2.36. The molecule has 8 nitrogen and oxygen atoms in total. The highest BCUT2D eigenvalue weighted by Crippen LogP contribution is 2.10. The molecule has 1 amide bonds. The highest BCUT2D eigenvalue weighted by Gasteiger charge is 2.21. The third-order valence-electron chi connectivity index (χ3n) is 4.51. The number of halogens is 1. The van der Waals surface area contributed by atoms with E-state index in [2.05, 4.69) is 25.4 Å². The Morgan fingerprint density at radius 3 is 2.48 bits per heavy atom. The Morgan fingerprint density at radius 1 is 1.17 bits per heavy atom. The van der Waals surface area contributed by atoms with Crippen LogP contribution in [0.5, 0.6) is 5.75 Å². The Balaban J connectivity index is 0.00000420. The predicted octanol–water partition coefficient (Wildman–Crippen LogP) is 1.03. The number of para-hydroxylation sites is 1. The SMILES string of the molecule is CN=C(NCC(C)Oc1ccccc1)N1CCN(CC(=O)NCCOC)CC1.I. The summed E-state index contributed by atoms with van der Waals surface area (Å²) in [6.07, 6.45) is 0.0243. The van der Waals surface area contributed by atoms with Gasteiger partial charge in [-0.2, -0.15) is 0 Å². The van der Waals surface area contributed by atoms with Crippen molar-refractivity contribution in [3.8, 4) is 5.75 Å². The molecular formula is C20H34IN5O3. The summed E-state index contributed by atoms with van der Waals surface area (Å²) < 4.78 is 10.8. The van der Waals surface area contributed by atoms with E-state index in [0.29, 0.717) is 26.2 Å². The van der Waals surface area contributed by atoms with Crippen molar-refractivity contribution in [3.63, 3.8) is 0 Å². The molecule has 1 saturated heterocycles. The van der Waals surface area contributed by atoms with Crippen molar-refractivity contribution in [2.24, 2.45) is 4.99 Å². The number of aliphatic imine (C=N–C) groups is 1. The summed E-state index contributed by atoms with van der Waals surface area (Å²) in [6.45, 7) is 7.53. The smallest absolute Gasteiger partial charge is 0.234 e. The van der Waals surface area contributed by atoms with Gasteiger partial charge in [-0.25, -0.2) is 0 Å². The molecule has 0 aromatic heterocycles. The second kappa shape index (κ2) is 14.4. The van der Waals surface area contributed by atoms with Crippen molar-refractivity contribution in [2.45, 2.75) is 13.0 Å². The van der Waals surface area contributed by atoms with Gasteiger partial charge in [0.15, 0.2) is 5.96 Å². The number of benzene rings is 1. The van der Waals surface area contributed by atoms with E-state index in [1.165, 1.54) is 0 Å². The van der Waals surface area contributed by atoms with Crippen LogP contribution in [0.15, 0.2) is 35.3 Å². The van der Waals surface area contributed by atoms with Gasteiger partial charge >= 0.3 is 0 Å². The zero-order valence-electron chi connectivity index (χ0n) is 17.6. The van der Waals surface area contributed by atoms with E-state index in [0.717, 1.165) is 37.9 Å². The topological polar surface area (TPSA) is 78.4 Å². The number of nitrogens with one attached hydrogen (secondary N) is 2. The zero-order chi connectivity index (χ0) is 20.2. The monoisotopic (exact) mass is 519 g/mol. The molecule has 1 aliphatic rings. The van der Waals surface area contributed by atoms with Crippen LogP contribution in [-0.2, 0) is 9.53 Å². The number of hydrogen-bond donors (Lipinski definition) is 2. The molecule has 164 valence electrons. The van der Waals surface area contributed by atoms with Crippen LogP contribution in [0.3, 0.4) is 0 Å². The minimum Gasteiger partial charge on any atom is -0.489 e. The number of nitrogens with zero attached hydrogens (tertiary/aromatic N) is 3. The van der Waals surface area contributed by atoms with Crippen molar-refractivity contribution in [1.29, 1.82) is 0 Å². The van der Waals surface area contributed by atoms with Gasteiger partial charge in [-0.05, 0) is 19.1 Å². The molecule has 1 unspecified atom stereocenters. The number of carbonyl (C=O) groups is 1. The van der Waals surface area contributed by atoms with Gasteiger partial charge in [-0.3, -0.25) is 14.7 Å². The van der Waals surface area contributed by atoms with Crippen molar-refractivity contribution in [3.05, 3.63) is 30.3 Å². The Labute approximate surface area is 191 Å². The van der Waals surface area contributed by atoms with Gasteiger partial charge in [0.2, 0.25) is 5.91 Å². The molecule has 0 saturated carbocycles. The normalized spacial score (nSPS) is 16.0. The molecule has 0 spiro atoms. The number of carbonyl (C=O) groups excluding carboxylic acids is 1. The van der Waals surface area contributed by atoms with Crippen molar-refractivity contribution < 1.29 is 14.3 Å². The minimum absolute atomic E-state index is 0. The largest absolute Gasteiger partial charge is 0.489 e. The first-order chi connectivity index (χ1) is 13.6. The highest BCUT2D eigenvalue weighted by molar-refractivity contribution is 14.0. The van der Waals surface area contributed by atoms with E-state index >= 15 is 0 Å². The van der Waals surface area contributed by atoms with Crippen LogP contribution in [0, 0.1) is 0 Å². The fraction of sp³-hybridized carbons (Fsp3) is 0.600. The third-order valence-corrected chi connectivity index (χ3v) is 4.51. The lowest BCUT2D eigenvalue weighted by molar-refractivity contribution is -0.122. The van der Waals surface area contributed by atoms with Gasteiger partial charge < -0.3 is 25.0 Å². The minimum atomic E-state index is 0. The van der Waals surface area contributed by atoms with Crippen molar-refractivity contribution >= 4 is 35.8 Å². The van der Waals surface area contributed by atoms with Gasteiger partial charge in [0.05, 0.1) is 19.7 Å².